The maximum Gasteiger partial charge on any atom is 0.120 e. The molecule has 0 heterocycles. The first-order valence-electron chi connectivity index (χ1n) is 6.86. The van der Waals surface area contributed by atoms with Crippen LogP contribution in [0.3, 0.4) is 0 Å². The van der Waals surface area contributed by atoms with Crippen molar-refractivity contribution in [3.8, 4) is 0 Å². The number of carbonyl (C=O) groups excluding carboxylic acids is 1. The molecule has 0 saturated heterocycles. The number of hydrogen-bond acceptors (Lipinski definition) is 1. The molecular formula is C19H16O. The van der Waals surface area contributed by atoms with E-state index in [-0.39, 0.29) is 5.92 Å². The van der Waals surface area contributed by atoms with Gasteiger partial charge in [-0.3, -0.25) is 0 Å². The Morgan fingerprint density at radius 1 is 0.800 bits per heavy atom. The molecule has 0 aliphatic carbocycles. The normalized spacial score (nSPS) is 12.2. The van der Waals surface area contributed by atoms with Crippen LogP contribution >= 0.6 is 0 Å². The van der Waals surface area contributed by atoms with E-state index in [1.165, 1.54) is 21.9 Å². The van der Waals surface area contributed by atoms with Crippen molar-refractivity contribution in [3.05, 3.63) is 83.9 Å². The SMILES string of the molecule is O=CCC(c1ccccc1)c1cccc2ccccc12. The van der Waals surface area contributed by atoms with Crippen molar-refractivity contribution in [2.45, 2.75) is 12.3 Å². The van der Waals surface area contributed by atoms with Gasteiger partial charge in [0.15, 0.2) is 0 Å². The van der Waals surface area contributed by atoms with Gasteiger partial charge in [0.05, 0.1) is 0 Å². The van der Waals surface area contributed by atoms with E-state index < -0.39 is 0 Å². The highest BCUT2D eigenvalue weighted by atomic mass is 16.1. The molecule has 0 radical (unpaired) electrons. The molecule has 20 heavy (non-hydrogen) atoms. The van der Waals surface area contributed by atoms with Crippen LogP contribution in [0.4, 0.5) is 0 Å². The summed E-state index contributed by atoms with van der Waals surface area (Å²) in [6.07, 6.45) is 1.53. The Kier molecular flexibility index (Phi) is 3.60. The molecule has 1 nitrogen and oxygen atoms in total. The monoisotopic (exact) mass is 260 g/mol. The Bertz CT molecular complexity index is 711. The molecule has 3 aromatic rings. The molecule has 1 heteroatoms. The fraction of sp³-hybridized carbons (Fsp3) is 0.105. The topological polar surface area (TPSA) is 17.1 Å². The van der Waals surface area contributed by atoms with Crippen LogP contribution in [0.2, 0.25) is 0 Å². The molecule has 1 unspecified atom stereocenters. The van der Waals surface area contributed by atoms with E-state index in [4.69, 9.17) is 0 Å². The van der Waals surface area contributed by atoms with Gasteiger partial charge in [-0.05, 0) is 21.9 Å². The Hall–Kier alpha value is -2.41. The zero-order valence-corrected chi connectivity index (χ0v) is 11.2. The van der Waals surface area contributed by atoms with Crippen molar-refractivity contribution in [2.75, 3.05) is 0 Å². The van der Waals surface area contributed by atoms with Crippen LogP contribution in [-0.2, 0) is 4.79 Å². The predicted octanol–water partition coefficient (Wildman–Crippen LogP) is 4.56. The molecule has 0 amide bonds. The fourth-order valence-corrected chi connectivity index (χ4v) is 2.78. The summed E-state index contributed by atoms with van der Waals surface area (Å²) in [7, 11) is 0. The summed E-state index contributed by atoms with van der Waals surface area (Å²) in [6, 6.07) is 24.9. The third kappa shape index (κ3) is 2.35. The lowest BCUT2D eigenvalue weighted by Gasteiger charge is -2.17. The van der Waals surface area contributed by atoms with Gasteiger partial charge in [0, 0.05) is 12.3 Å². The van der Waals surface area contributed by atoms with E-state index in [0.29, 0.717) is 6.42 Å². The Morgan fingerprint density at radius 2 is 1.50 bits per heavy atom. The van der Waals surface area contributed by atoms with Crippen molar-refractivity contribution in [2.24, 2.45) is 0 Å². The van der Waals surface area contributed by atoms with Crippen molar-refractivity contribution >= 4 is 17.1 Å². The number of fused-ring (bicyclic) bond motifs is 1. The van der Waals surface area contributed by atoms with E-state index in [0.717, 1.165) is 6.29 Å². The lowest BCUT2D eigenvalue weighted by Crippen LogP contribution is -2.02. The van der Waals surface area contributed by atoms with Gasteiger partial charge in [0.2, 0.25) is 0 Å². The van der Waals surface area contributed by atoms with Gasteiger partial charge in [-0.25, -0.2) is 0 Å². The number of benzene rings is 3. The molecule has 0 saturated carbocycles. The first-order chi connectivity index (χ1) is 9.90. The molecule has 0 aromatic heterocycles. The highest BCUT2D eigenvalue weighted by Gasteiger charge is 2.15. The van der Waals surface area contributed by atoms with E-state index in [9.17, 15) is 4.79 Å². The van der Waals surface area contributed by atoms with E-state index in [1.54, 1.807) is 0 Å². The zero-order valence-electron chi connectivity index (χ0n) is 11.2. The van der Waals surface area contributed by atoms with Gasteiger partial charge in [-0.15, -0.1) is 0 Å². The van der Waals surface area contributed by atoms with Crippen LogP contribution in [0.1, 0.15) is 23.5 Å². The quantitative estimate of drug-likeness (QED) is 0.628. The minimum atomic E-state index is 0.125. The Morgan fingerprint density at radius 3 is 2.30 bits per heavy atom. The minimum absolute atomic E-state index is 0.125. The summed E-state index contributed by atoms with van der Waals surface area (Å²) in [4.78, 5) is 11.1. The van der Waals surface area contributed by atoms with E-state index >= 15 is 0 Å². The number of carbonyl (C=O) groups is 1. The maximum atomic E-state index is 11.1. The third-order valence-corrected chi connectivity index (χ3v) is 3.73. The van der Waals surface area contributed by atoms with Crippen LogP contribution in [0.15, 0.2) is 72.8 Å². The van der Waals surface area contributed by atoms with Crippen molar-refractivity contribution in [1.82, 2.24) is 0 Å². The fourth-order valence-electron chi connectivity index (χ4n) is 2.78. The summed E-state index contributed by atoms with van der Waals surface area (Å²) in [5.74, 6) is 0.125. The first kappa shape index (κ1) is 12.6. The van der Waals surface area contributed by atoms with Gasteiger partial charge in [0.1, 0.15) is 6.29 Å². The second-order valence-corrected chi connectivity index (χ2v) is 4.93. The van der Waals surface area contributed by atoms with Gasteiger partial charge >= 0.3 is 0 Å². The third-order valence-electron chi connectivity index (χ3n) is 3.73. The van der Waals surface area contributed by atoms with Crippen molar-refractivity contribution in [1.29, 1.82) is 0 Å². The molecule has 3 aromatic carbocycles. The molecule has 0 spiro atoms. The summed E-state index contributed by atoms with van der Waals surface area (Å²) < 4.78 is 0. The molecule has 0 aliphatic rings. The van der Waals surface area contributed by atoms with Crippen molar-refractivity contribution < 1.29 is 4.79 Å². The summed E-state index contributed by atoms with van der Waals surface area (Å²) in [6.45, 7) is 0. The molecule has 1 atom stereocenters. The lowest BCUT2D eigenvalue weighted by molar-refractivity contribution is -0.108. The standard InChI is InChI=1S/C19H16O/c20-14-13-18(15-7-2-1-3-8-15)19-12-6-10-16-9-4-5-11-17(16)19/h1-12,14,18H,13H2. The summed E-state index contributed by atoms with van der Waals surface area (Å²) in [5.41, 5.74) is 2.41. The van der Waals surface area contributed by atoms with Crippen LogP contribution in [-0.4, -0.2) is 6.29 Å². The number of aldehydes is 1. The average molecular weight is 260 g/mol. The first-order valence-corrected chi connectivity index (χ1v) is 6.86. The smallest absolute Gasteiger partial charge is 0.120 e. The van der Waals surface area contributed by atoms with Crippen LogP contribution in [0.25, 0.3) is 10.8 Å². The second-order valence-electron chi connectivity index (χ2n) is 4.93. The number of hydrogen-bond donors (Lipinski definition) is 0. The van der Waals surface area contributed by atoms with Gasteiger partial charge < -0.3 is 4.79 Å². The molecule has 0 N–H and O–H groups in total. The summed E-state index contributed by atoms with van der Waals surface area (Å²) >= 11 is 0. The summed E-state index contributed by atoms with van der Waals surface area (Å²) in [5, 5.41) is 2.45. The zero-order chi connectivity index (χ0) is 13.8. The largest absolute Gasteiger partial charge is 0.303 e. The molecule has 3 rings (SSSR count). The highest BCUT2D eigenvalue weighted by molar-refractivity contribution is 5.86. The molecule has 0 fully saturated rings. The Balaban J connectivity index is 2.17. The van der Waals surface area contributed by atoms with Crippen molar-refractivity contribution in [3.63, 3.8) is 0 Å². The maximum absolute atomic E-state index is 11.1. The molecule has 0 bridgehead atoms. The van der Waals surface area contributed by atoms with Gasteiger partial charge in [-0.1, -0.05) is 72.8 Å². The van der Waals surface area contributed by atoms with Crippen LogP contribution in [0, 0.1) is 0 Å². The Labute approximate surface area is 118 Å². The van der Waals surface area contributed by atoms with Crippen LogP contribution in [0.5, 0.6) is 0 Å². The predicted molar refractivity (Wildman–Crippen MR) is 82.9 cm³/mol. The van der Waals surface area contributed by atoms with Crippen LogP contribution < -0.4 is 0 Å². The molecular weight excluding hydrogens is 244 g/mol. The van der Waals surface area contributed by atoms with Gasteiger partial charge in [0.25, 0.3) is 0 Å². The minimum Gasteiger partial charge on any atom is -0.303 e. The average Bonchev–Trinajstić information content (AvgIpc) is 2.53. The molecule has 98 valence electrons. The lowest BCUT2D eigenvalue weighted by atomic mass is 9.86. The number of rotatable bonds is 4. The van der Waals surface area contributed by atoms with E-state index in [2.05, 4.69) is 48.5 Å². The highest BCUT2D eigenvalue weighted by Crippen LogP contribution is 2.32. The molecule has 0 aliphatic heterocycles. The second kappa shape index (κ2) is 5.70. The van der Waals surface area contributed by atoms with E-state index in [1.807, 2.05) is 24.3 Å². The van der Waals surface area contributed by atoms with Gasteiger partial charge in [-0.2, -0.15) is 0 Å².